The Morgan fingerprint density at radius 2 is 0.769 bits per heavy atom. The first kappa shape index (κ1) is 42.0. The Hall–Kier alpha value is -10.3. The average molecular weight is 1000 g/mol. The quantitative estimate of drug-likeness (QED) is 0.171. The molecule has 6 heteroatoms. The monoisotopic (exact) mass is 1000 g/mol. The number of hydrogen-bond acceptors (Lipinski definition) is 6. The molecular weight excluding hydrogens is 961 g/mol. The maximum atomic E-state index is 7.00. The van der Waals surface area contributed by atoms with Crippen molar-refractivity contribution in [2.45, 2.75) is 12.3 Å². The molecular formula is C72H40O6. The highest BCUT2D eigenvalue weighted by Gasteiger charge is 2.28. The van der Waals surface area contributed by atoms with Crippen molar-refractivity contribution in [1.29, 1.82) is 0 Å². The van der Waals surface area contributed by atoms with Crippen LogP contribution in [-0.2, 0) is 0 Å². The fraction of sp³-hybridized carbons (Fsp3) is 0.0278. The van der Waals surface area contributed by atoms with E-state index in [2.05, 4.69) is 200 Å². The summed E-state index contributed by atoms with van der Waals surface area (Å²) in [6.07, 6.45) is 5.34. The molecule has 17 aromatic rings. The highest BCUT2D eigenvalue weighted by Crippen LogP contribution is 2.48. The summed E-state index contributed by atoms with van der Waals surface area (Å²) in [4.78, 5) is 0. The van der Waals surface area contributed by atoms with Crippen molar-refractivity contribution in [3.63, 3.8) is 0 Å². The molecule has 11 aromatic carbocycles. The highest BCUT2D eigenvalue weighted by atomic mass is 16.4. The number of furan rings is 6. The van der Waals surface area contributed by atoms with Crippen LogP contribution in [-0.4, -0.2) is 0 Å². The van der Waals surface area contributed by atoms with E-state index in [4.69, 9.17) is 26.5 Å². The van der Waals surface area contributed by atoms with E-state index in [1.165, 1.54) is 11.1 Å². The summed E-state index contributed by atoms with van der Waals surface area (Å²) in [5, 5.41) is 11.9. The Kier molecular flexibility index (Phi) is 8.42. The first-order valence-electron chi connectivity index (χ1n) is 26.5. The number of allylic oxidation sites excluding steroid dienone is 1. The number of rotatable bonds is 5. The van der Waals surface area contributed by atoms with Gasteiger partial charge in [0.15, 0.2) is 0 Å². The Labute approximate surface area is 443 Å². The lowest BCUT2D eigenvalue weighted by Gasteiger charge is -2.18. The molecule has 1 atom stereocenters. The summed E-state index contributed by atoms with van der Waals surface area (Å²) in [6, 6.07) is 74.4. The van der Waals surface area contributed by atoms with Crippen LogP contribution >= 0.6 is 0 Å². The normalized spacial score (nSPS) is 13.9. The van der Waals surface area contributed by atoms with Crippen molar-refractivity contribution in [3.05, 3.63) is 235 Å². The van der Waals surface area contributed by atoms with Crippen LogP contribution in [0.3, 0.4) is 0 Å². The van der Waals surface area contributed by atoms with Gasteiger partial charge in [0.1, 0.15) is 67.2 Å². The molecule has 78 heavy (non-hydrogen) atoms. The zero-order valence-corrected chi connectivity index (χ0v) is 41.6. The fourth-order valence-corrected chi connectivity index (χ4v) is 13.1. The minimum absolute atomic E-state index is 0.0862. The summed E-state index contributed by atoms with van der Waals surface area (Å²) in [5.41, 5.74) is 20.1. The van der Waals surface area contributed by atoms with Gasteiger partial charge >= 0.3 is 0 Å². The van der Waals surface area contributed by atoms with Crippen LogP contribution in [0.2, 0.25) is 0 Å². The van der Waals surface area contributed by atoms with Crippen molar-refractivity contribution in [2.24, 2.45) is 0 Å². The van der Waals surface area contributed by atoms with Crippen LogP contribution < -0.4 is 0 Å². The van der Waals surface area contributed by atoms with Gasteiger partial charge in [-0.3, -0.25) is 0 Å². The summed E-state index contributed by atoms with van der Waals surface area (Å²) < 4.78 is 39.9. The van der Waals surface area contributed by atoms with Crippen LogP contribution in [0.15, 0.2) is 245 Å². The van der Waals surface area contributed by atoms with Gasteiger partial charge in [0.25, 0.3) is 0 Å². The van der Waals surface area contributed by atoms with Gasteiger partial charge < -0.3 is 26.5 Å². The zero-order valence-electron chi connectivity index (χ0n) is 41.6. The molecule has 364 valence electrons. The SMILES string of the molecule is C1=Cc2c(oc3ccccc23)C(c2cccc3oc4cc(-c5ccc6c(c5)oc5cc(-c7cccc8c7oc7ccc(-c9cccc%10c9oc9c(-c%11cccc%12oc%13ccccc%13c%11%12)cccc9%10)cc78)ccc56)ccc4c23)C1. The molecule has 6 aromatic heterocycles. The van der Waals surface area contributed by atoms with Gasteiger partial charge in [-0.05, 0) is 113 Å². The molecule has 0 bridgehead atoms. The molecule has 0 N–H and O–H groups in total. The Morgan fingerprint density at radius 1 is 0.282 bits per heavy atom. The third-order valence-electron chi connectivity index (χ3n) is 16.7. The molecule has 1 aliphatic rings. The number of hydrogen-bond donors (Lipinski definition) is 0. The van der Waals surface area contributed by atoms with Gasteiger partial charge in [0.05, 0.1) is 0 Å². The van der Waals surface area contributed by atoms with E-state index in [-0.39, 0.29) is 5.92 Å². The lowest BCUT2D eigenvalue weighted by Crippen LogP contribution is -2.04. The third kappa shape index (κ3) is 5.91. The average Bonchev–Trinajstić information content (AvgIpc) is 4.53. The van der Waals surface area contributed by atoms with Gasteiger partial charge in [-0.1, -0.05) is 152 Å². The van der Waals surface area contributed by atoms with Crippen molar-refractivity contribution in [3.8, 4) is 44.5 Å². The van der Waals surface area contributed by atoms with E-state index >= 15 is 0 Å². The Morgan fingerprint density at radius 3 is 1.55 bits per heavy atom. The summed E-state index contributed by atoms with van der Waals surface area (Å²) in [5.74, 6) is 1.10. The summed E-state index contributed by atoms with van der Waals surface area (Å²) in [6.45, 7) is 0. The largest absolute Gasteiger partial charge is 0.460 e. The molecule has 0 saturated heterocycles. The molecule has 0 fully saturated rings. The minimum atomic E-state index is 0.0862. The second kappa shape index (κ2) is 15.6. The first-order chi connectivity index (χ1) is 38.6. The predicted octanol–water partition coefficient (Wildman–Crippen LogP) is 21.1. The molecule has 1 unspecified atom stereocenters. The minimum Gasteiger partial charge on any atom is -0.460 e. The fourth-order valence-electron chi connectivity index (χ4n) is 13.1. The van der Waals surface area contributed by atoms with E-state index in [1.807, 2.05) is 24.3 Å². The second-order valence-corrected chi connectivity index (χ2v) is 20.9. The standard InChI is InChI=1S/C72H40O6/c1-3-23-59-45(11-1)50-17-7-18-51(71(50)76-59)48-15-10-26-63-68(48)57-33-28-40(37-66(57)74-63)39-27-31-46-47-32-29-42(38-65(47)75-64(46)36-39)44-14-6-22-55-58-35-41(30-34-61(58)77-69(44)55)43-13-5-20-53-54-21-8-19-52(72(54)78-70(43)53)49-16-9-25-62-67(49)56-12-2-4-24-60(56)73-62/h1-17,19-38,51H,18H2. The molecule has 0 spiro atoms. The number of fused-ring (bicyclic) bond motifs is 18. The van der Waals surface area contributed by atoms with E-state index in [9.17, 15) is 0 Å². The topological polar surface area (TPSA) is 78.8 Å². The number of para-hydroxylation sites is 5. The molecule has 0 amide bonds. The first-order valence-corrected chi connectivity index (χ1v) is 26.5. The Bertz CT molecular complexity index is 5450. The maximum Gasteiger partial charge on any atom is 0.143 e. The van der Waals surface area contributed by atoms with Crippen molar-refractivity contribution >= 4 is 127 Å². The van der Waals surface area contributed by atoms with Crippen LogP contribution in [0.1, 0.15) is 29.2 Å². The maximum absolute atomic E-state index is 7.00. The zero-order chi connectivity index (χ0) is 50.7. The van der Waals surface area contributed by atoms with Gasteiger partial charge in [0.2, 0.25) is 0 Å². The summed E-state index contributed by atoms with van der Waals surface area (Å²) in [7, 11) is 0. The van der Waals surface area contributed by atoms with Gasteiger partial charge in [-0.15, -0.1) is 0 Å². The van der Waals surface area contributed by atoms with Crippen molar-refractivity contribution in [2.75, 3.05) is 0 Å². The molecule has 0 saturated carbocycles. The van der Waals surface area contributed by atoms with Gasteiger partial charge in [0, 0.05) is 87.4 Å². The number of benzene rings is 11. The molecule has 18 rings (SSSR count). The molecule has 6 heterocycles. The molecule has 0 aliphatic heterocycles. The third-order valence-corrected chi connectivity index (χ3v) is 16.7. The van der Waals surface area contributed by atoms with Gasteiger partial charge in [-0.25, -0.2) is 0 Å². The van der Waals surface area contributed by atoms with Gasteiger partial charge in [-0.2, -0.15) is 0 Å². The van der Waals surface area contributed by atoms with E-state index in [0.29, 0.717) is 0 Å². The highest BCUT2D eigenvalue weighted by molar-refractivity contribution is 6.19. The lowest BCUT2D eigenvalue weighted by atomic mass is 9.84. The van der Waals surface area contributed by atoms with Crippen molar-refractivity contribution < 1.29 is 26.5 Å². The molecule has 0 radical (unpaired) electrons. The van der Waals surface area contributed by atoms with E-state index < -0.39 is 0 Å². The second-order valence-electron chi connectivity index (χ2n) is 20.9. The van der Waals surface area contributed by atoms with Crippen LogP contribution in [0.25, 0.3) is 171 Å². The van der Waals surface area contributed by atoms with Crippen molar-refractivity contribution in [1.82, 2.24) is 0 Å². The lowest BCUT2D eigenvalue weighted by molar-refractivity contribution is 0.518. The smallest absolute Gasteiger partial charge is 0.143 e. The van der Waals surface area contributed by atoms with Crippen LogP contribution in [0.5, 0.6) is 0 Å². The molecule has 1 aliphatic carbocycles. The molecule has 6 nitrogen and oxygen atoms in total. The predicted molar refractivity (Wildman–Crippen MR) is 316 cm³/mol. The van der Waals surface area contributed by atoms with E-state index in [0.717, 1.165) is 177 Å². The summed E-state index contributed by atoms with van der Waals surface area (Å²) >= 11 is 0. The Balaban J connectivity index is 0.687. The van der Waals surface area contributed by atoms with Crippen LogP contribution in [0.4, 0.5) is 0 Å². The van der Waals surface area contributed by atoms with E-state index in [1.54, 1.807) is 0 Å². The van der Waals surface area contributed by atoms with Crippen LogP contribution in [0, 0.1) is 0 Å².